The summed E-state index contributed by atoms with van der Waals surface area (Å²) in [7, 11) is 0. The minimum Gasteiger partial charge on any atom is -0.489 e. The first-order chi connectivity index (χ1) is 21.0. The molecule has 0 aliphatic rings. The van der Waals surface area contributed by atoms with Gasteiger partial charge in [-0.1, -0.05) is 73.5 Å². The Morgan fingerprint density at radius 3 is 1.95 bits per heavy atom. The first-order valence-electron chi connectivity index (χ1n) is 14.9. The SMILES string of the molecule is Cc1cc(C)cc(C(CC(C)C)NC(=O)c2cc(OCc3ccc(OCc4ccc(F)cc4)cc3)ccc2CCC(=O)O)c1. The van der Waals surface area contributed by atoms with Crippen LogP contribution in [0.1, 0.15) is 76.5 Å². The number of carboxylic acids is 1. The average molecular weight is 598 g/mol. The van der Waals surface area contributed by atoms with Gasteiger partial charge in [0, 0.05) is 12.0 Å². The minimum absolute atomic E-state index is 0.0808. The molecular formula is C37H40FNO5. The highest BCUT2D eigenvalue weighted by molar-refractivity contribution is 5.96. The Kier molecular flexibility index (Phi) is 11.1. The first kappa shape index (κ1) is 32.3. The van der Waals surface area contributed by atoms with E-state index < -0.39 is 5.97 Å². The van der Waals surface area contributed by atoms with Crippen molar-refractivity contribution >= 4 is 11.9 Å². The minimum atomic E-state index is -0.922. The summed E-state index contributed by atoms with van der Waals surface area (Å²) in [4.78, 5) is 25.1. The second-order valence-corrected chi connectivity index (χ2v) is 11.6. The molecule has 1 atom stereocenters. The van der Waals surface area contributed by atoms with Gasteiger partial charge < -0.3 is 19.9 Å². The van der Waals surface area contributed by atoms with Crippen LogP contribution in [-0.4, -0.2) is 17.0 Å². The van der Waals surface area contributed by atoms with Crippen LogP contribution in [0.5, 0.6) is 11.5 Å². The van der Waals surface area contributed by atoms with E-state index in [1.54, 1.807) is 30.3 Å². The van der Waals surface area contributed by atoms with E-state index in [4.69, 9.17) is 9.47 Å². The van der Waals surface area contributed by atoms with E-state index in [1.807, 2.05) is 38.1 Å². The molecule has 1 amide bonds. The number of rotatable bonds is 14. The number of carboxylic acid groups (broad SMARTS) is 1. The fourth-order valence-corrected chi connectivity index (χ4v) is 5.11. The second-order valence-electron chi connectivity index (χ2n) is 11.6. The Labute approximate surface area is 258 Å². The highest BCUT2D eigenvalue weighted by atomic mass is 19.1. The number of aryl methyl sites for hydroxylation is 3. The number of benzene rings is 4. The maximum Gasteiger partial charge on any atom is 0.303 e. The lowest BCUT2D eigenvalue weighted by atomic mass is 9.93. The van der Waals surface area contributed by atoms with Crippen molar-refractivity contribution in [1.29, 1.82) is 0 Å². The van der Waals surface area contributed by atoms with Crippen LogP contribution in [0.25, 0.3) is 0 Å². The van der Waals surface area contributed by atoms with Crippen LogP contribution in [-0.2, 0) is 24.4 Å². The summed E-state index contributed by atoms with van der Waals surface area (Å²) in [6.45, 7) is 8.94. The number of ether oxygens (including phenoxy) is 2. The number of carbonyl (C=O) groups is 2. The molecule has 4 aromatic rings. The normalized spacial score (nSPS) is 11.7. The summed E-state index contributed by atoms with van der Waals surface area (Å²) in [5, 5.41) is 12.5. The third kappa shape index (κ3) is 9.69. The van der Waals surface area contributed by atoms with Gasteiger partial charge in [-0.3, -0.25) is 9.59 Å². The zero-order valence-electron chi connectivity index (χ0n) is 25.7. The molecule has 44 heavy (non-hydrogen) atoms. The Balaban J connectivity index is 1.47. The smallest absolute Gasteiger partial charge is 0.303 e. The highest BCUT2D eigenvalue weighted by Crippen LogP contribution is 2.26. The molecule has 1 unspecified atom stereocenters. The van der Waals surface area contributed by atoms with E-state index in [0.29, 0.717) is 35.2 Å². The molecular weight excluding hydrogens is 557 g/mol. The molecule has 0 fully saturated rings. The van der Waals surface area contributed by atoms with Crippen LogP contribution < -0.4 is 14.8 Å². The van der Waals surface area contributed by atoms with Crippen molar-refractivity contribution in [2.75, 3.05) is 0 Å². The van der Waals surface area contributed by atoms with E-state index in [-0.39, 0.29) is 37.2 Å². The lowest BCUT2D eigenvalue weighted by Gasteiger charge is -2.23. The predicted octanol–water partition coefficient (Wildman–Crippen LogP) is 8.13. The molecule has 0 spiro atoms. The number of amides is 1. The van der Waals surface area contributed by atoms with Crippen molar-refractivity contribution in [2.24, 2.45) is 5.92 Å². The van der Waals surface area contributed by atoms with Gasteiger partial charge in [-0.25, -0.2) is 4.39 Å². The average Bonchev–Trinajstić information content (AvgIpc) is 2.98. The van der Waals surface area contributed by atoms with Gasteiger partial charge in [0.1, 0.15) is 30.5 Å². The molecule has 4 aromatic carbocycles. The van der Waals surface area contributed by atoms with Crippen molar-refractivity contribution in [2.45, 2.75) is 66.2 Å². The Morgan fingerprint density at radius 2 is 1.36 bits per heavy atom. The lowest BCUT2D eigenvalue weighted by molar-refractivity contribution is -0.136. The highest BCUT2D eigenvalue weighted by Gasteiger charge is 2.21. The van der Waals surface area contributed by atoms with Crippen LogP contribution in [0, 0.1) is 25.6 Å². The van der Waals surface area contributed by atoms with Crippen LogP contribution in [0.3, 0.4) is 0 Å². The molecule has 0 radical (unpaired) electrons. The third-order valence-electron chi connectivity index (χ3n) is 7.24. The van der Waals surface area contributed by atoms with Crippen LogP contribution in [0.4, 0.5) is 4.39 Å². The Hall–Kier alpha value is -4.65. The van der Waals surface area contributed by atoms with Crippen molar-refractivity contribution in [3.8, 4) is 11.5 Å². The summed E-state index contributed by atoms with van der Waals surface area (Å²) < 4.78 is 25.0. The molecule has 0 aliphatic carbocycles. The topological polar surface area (TPSA) is 84.9 Å². The first-order valence-corrected chi connectivity index (χ1v) is 14.9. The maximum absolute atomic E-state index is 13.7. The number of aliphatic carboxylic acids is 1. The molecule has 2 N–H and O–H groups in total. The molecule has 0 aliphatic heterocycles. The van der Waals surface area contributed by atoms with Crippen LogP contribution in [0.15, 0.2) is 84.9 Å². The third-order valence-corrected chi connectivity index (χ3v) is 7.24. The molecule has 230 valence electrons. The molecule has 4 rings (SSSR count). The fraction of sp³-hybridized carbons (Fsp3) is 0.297. The quantitative estimate of drug-likeness (QED) is 0.153. The Morgan fingerprint density at radius 1 is 0.795 bits per heavy atom. The van der Waals surface area contributed by atoms with Crippen molar-refractivity contribution in [3.63, 3.8) is 0 Å². The van der Waals surface area contributed by atoms with Gasteiger partial charge in [0.2, 0.25) is 0 Å². The molecule has 6 nitrogen and oxygen atoms in total. The zero-order valence-corrected chi connectivity index (χ0v) is 25.7. The van der Waals surface area contributed by atoms with E-state index >= 15 is 0 Å². The van der Waals surface area contributed by atoms with Gasteiger partial charge in [0.25, 0.3) is 5.91 Å². The summed E-state index contributed by atoms with van der Waals surface area (Å²) in [6, 6.07) is 25.0. The van der Waals surface area contributed by atoms with Crippen molar-refractivity contribution in [1.82, 2.24) is 5.32 Å². The Bertz CT molecular complexity index is 1540. The molecule has 0 bridgehead atoms. The van der Waals surface area contributed by atoms with Gasteiger partial charge in [-0.05, 0) is 91.3 Å². The number of hydrogen-bond acceptors (Lipinski definition) is 4. The van der Waals surface area contributed by atoms with Crippen molar-refractivity contribution in [3.05, 3.63) is 130 Å². The predicted molar refractivity (Wildman–Crippen MR) is 169 cm³/mol. The number of carbonyl (C=O) groups excluding carboxylic acids is 1. The zero-order chi connectivity index (χ0) is 31.6. The second kappa shape index (κ2) is 15.2. The molecule has 0 saturated carbocycles. The van der Waals surface area contributed by atoms with Gasteiger partial charge >= 0.3 is 5.97 Å². The van der Waals surface area contributed by atoms with Crippen LogP contribution >= 0.6 is 0 Å². The summed E-state index contributed by atoms with van der Waals surface area (Å²) in [5.74, 6) is 0.0746. The van der Waals surface area contributed by atoms with Crippen LogP contribution in [0.2, 0.25) is 0 Å². The maximum atomic E-state index is 13.7. The summed E-state index contributed by atoms with van der Waals surface area (Å²) in [5.41, 5.74) is 6.16. The van der Waals surface area contributed by atoms with E-state index in [1.165, 1.54) is 12.1 Å². The van der Waals surface area contributed by atoms with Gasteiger partial charge in [0.15, 0.2) is 0 Å². The van der Waals surface area contributed by atoms with E-state index in [2.05, 4.69) is 37.4 Å². The molecule has 0 saturated heterocycles. The van der Waals surface area contributed by atoms with Crippen molar-refractivity contribution < 1.29 is 28.6 Å². The van der Waals surface area contributed by atoms with E-state index in [0.717, 1.165) is 34.2 Å². The number of halogens is 1. The molecule has 0 heterocycles. The molecule has 7 heteroatoms. The standard InChI is InChI=1S/C37H40FNO5/c1-24(2)17-35(30-19-25(3)18-26(4)20-30)39-37(42)34-21-33(15-9-29(34)10-16-36(40)41)44-23-28-7-13-32(14-8-28)43-22-27-5-11-31(38)12-6-27/h5-9,11-15,18-21,24,35H,10,16-17,22-23H2,1-4H3,(H,39,42)(H,40,41). The van der Waals surface area contributed by atoms with Gasteiger partial charge in [0.05, 0.1) is 6.04 Å². The summed E-state index contributed by atoms with van der Waals surface area (Å²) >= 11 is 0. The monoisotopic (exact) mass is 597 g/mol. The lowest BCUT2D eigenvalue weighted by Crippen LogP contribution is -2.30. The van der Waals surface area contributed by atoms with E-state index in [9.17, 15) is 19.1 Å². The number of hydrogen-bond donors (Lipinski definition) is 2. The van der Waals surface area contributed by atoms with Gasteiger partial charge in [-0.15, -0.1) is 0 Å². The fourth-order valence-electron chi connectivity index (χ4n) is 5.11. The largest absolute Gasteiger partial charge is 0.489 e. The van der Waals surface area contributed by atoms with Gasteiger partial charge in [-0.2, -0.15) is 0 Å². The molecule has 0 aromatic heterocycles. The summed E-state index contributed by atoms with van der Waals surface area (Å²) in [6.07, 6.45) is 0.914. The number of nitrogens with one attached hydrogen (secondary N) is 1.